The maximum Gasteiger partial charge on any atom is 0.376 e. The Labute approximate surface area is 169 Å². The summed E-state index contributed by atoms with van der Waals surface area (Å²) in [6, 6.07) is 0.802. The lowest BCUT2D eigenvalue weighted by atomic mass is 10.0. The first-order valence-corrected chi connectivity index (χ1v) is 9.07. The minimum atomic E-state index is -1.14. The zero-order valence-electron chi connectivity index (χ0n) is 16.0. The van der Waals surface area contributed by atoms with Crippen LogP contribution in [0.25, 0.3) is 16.7 Å². The Bertz CT molecular complexity index is 1180. The van der Waals surface area contributed by atoms with Crippen molar-refractivity contribution in [3.05, 3.63) is 55.2 Å². The van der Waals surface area contributed by atoms with Crippen molar-refractivity contribution in [1.82, 2.24) is 19.5 Å². The van der Waals surface area contributed by atoms with Crippen LogP contribution in [0.15, 0.2) is 17.2 Å². The van der Waals surface area contributed by atoms with Gasteiger partial charge in [-0.15, -0.1) is 0 Å². The zero-order chi connectivity index (χ0) is 21.6. The SMILES string of the molecule is CC(C)c1ncnc(C(C)C)c1-n1c(=O)c([N+](=O)[O-])c(O)c2cc(F)c(Cl)nc21. The summed E-state index contributed by atoms with van der Waals surface area (Å²) in [5, 5.41) is 21.0. The highest BCUT2D eigenvalue weighted by molar-refractivity contribution is 6.30. The maximum atomic E-state index is 14.0. The van der Waals surface area contributed by atoms with Gasteiger partial charge in [-0.1, -0.05) is 39.3 Å². The number of aromatic hydroxyl groups is 1. The number of pyridine rings is 2. The number of halogens is 2. The van der Waals surface area contributed by atoms with Gasteiger partial charge in [-0.3, -0.25) is 19.5 Å². The lowest BCUT2D eigenvalue weighted by Crippen LogP contribution is -2.26. The Morgan fingerprint density at radius 3 is 2.24 bits per heavy atom. The Balaban J connectivity index is 2.67. The normalized spacial score (nSPS) is 11.6. The highest BCUT2D eigenvalue weighted by Crippen LogP contribution is 2.36. The van der Waals surface area contributed by atoms with Crippen LogP contribution >= 0.6 is 11.6 Å². The van der Waals surface area contributed by atoms with Crippen LogP contribution < -0.4 is 5.56 Å². The van der Waals surface area contributed by atoms with Gasteiger partial charge < -0.3 is 5.11 Å². The molecule has 0 bridgehead atoms. The van der Waals surface area contributed by atoms with E-state index in [0.717, 1.165) is 10.6 Å². The molecule has 152 valence electrons. The molecule has 0 radical (unpaired) electrons. The number of rotatable bonds is 4. The summed E-state index contributed by atoms with van der Waals surface area (Å²) in [7, 11) is 0. The van der Waals surface area contributed by atoms with E-state index >= 15 is 0 Å². The minimum Gasteiger partial charge on any atom is -0.501 e. The van der Waals surface area contributed by atoms with Crippen LogP contribution in [0.1, 0.15) is 50.9 Å². The van der Waals surface area contributed by atoms with Gasteiger partial charge >= 0.3 is 11.2 Å². The van der Waals surface area contributed by atoms with Crippen molar-refractivity contribution in [2.24, 2.45) is 0 Å². The highest BCUT2D eigenvalue weighted by Gasteiger charge is 2.31. The van der Waals surface area contributed by atoms with Crippen molar-refractivity contribution in [3.8, 4) is 11.4 Å². The second kappa shape index (κ2) is 7.36. The molecule has 0 fully saturated rings. The molecule has 3 heterocycles. The molecule has 0 saturated heterocycles. The Morgan fingerprint density at radius 2 is 1.76 bits per heavy atom. The quantitative estimate of drug-likeness (QED) is 0.385. The maximum absolute atomic E-state index is 14.0. The van der Waals surface area contributed by atoms with Crippen LogP contribution in [0.4, 0.5) is 10.1 Å². The molecule has 9 nitrogen and oxygen atoms in total. The minimum absolute atomic E-state index is 0.184. The molecule has 3 rings (SSSR count). The molecule has 29 heavy (non-hydrogen) atoms. The fourth-order valence-corrected chi connectivity index (χ4v) is 3.22. The average molecular weight is 422 g/mol. The fourth-order valence-electron chi connectivity index (χ4n) is 3.09. The molecule has 1 N–H and O–H groups in total. The molecule has 0 unspecified atom stereocenters. The molecule has 0 aliphatic carbocycles. The van der Waals surface area contributed by atoms with Crippen LogP contribution in [-0.2, 0) is 0 Å². The van der Waals surface area contributed by atoms with Gasteiger partial charge in [0.15, 0.2) is 16.6 Å². The van der Waals surface area contributed by atoms with Crippen LogP contribution in [-0.4, -0.2) is 29.5 Å². The topological polar surface area (TPSA) is 124 Å². The monoisotopic (exact) mass is 421 g/mol. The second-order valence-corrected chi connectivity index (χ2v) is 7.39. The van der Waals surface area contributed by atoms with Gasteiger partial charge in [0.1, 0.15) is 6.33 Å². The van der Waals surface area contributed by atoms with Crippen LogP contribution in [0.2, 0.25) is 5.15 Å². The second-order valence-electron chi connectivity index (χ2n) is 7.03. The van der Waals surface area contributed by atoms with E-state index in [1.165, 1.54) is 6.33 Å². The van der Waals surface area contributed by atoms with Gasteiger partial charge in [0.05, 0.1) is 27.4 Å². The van der Waals surface area contributed by atoms with Crippen LogP contribution in [0.3, 0.4) is 0 Å². The van der Waals surface area contributed by atoms with Gasteiger partial charge in [0.2, 0.25) is 5.75 Å². The van der Waals surface area contributed by atoms with E-state index < -0.39 is 32.9 Å². The molecule has 0 aliphatic heterocycles. The van der Waals surface area contributed by atoms with Crippen LogP contribution in [0.5, 0.6) is 5.75 Å². The molecule has 0 spiro atoms. The molecule has 0 atom stereocenters. The molecule has 0 aliphatic rings. The Morgan fingerprint density at radius 1 is 1.21 bits per heavy atom. The van der Waals surface area contributed by atoms with E-state index in [9.17, 15) is 24.4 Å². The number of nitro groups is 1. The van der Waals surface area contributed by atoms with Crippen molar-refractivity contribution in [2.75, 3.05) is 0 Å². The summed E-state index contributed by atoms with van der Waals surface area (Å²) in [5.74, 6) is -2.35. The number of aromatic nitrogens is 4. The third-order valence-corrected chi connectivity index (χ3v) is 4.65. The summed E-state index contributed by atoms with van der Waals surface area (Å²) in [6.07, 6.45) is 1.34. The van der Waals surface area contributed by atoms with E-state index in [1.54, 1.807) is 0 Å². The van der Waals surface area contributed by atoms with E-state index in [4.69, 9.17) is 11.6 Å². The first-order valence-electron chi connectivity index (χ1n) is 8.69. The highest BCUT2D eigenvalue weighted by atomic mass is 35.5. The number of fused-ring (bicyclic) bond motifs is 1. The summed E-state index contributed by atoms with van der Waals surface area (Å²) < 4.78 is 15.0. The third-order valence-electron chi connectivity index (χ3n) is 4.39. The van der Waals surface area contributed by atoms with Crippen molar-refractivity contribution in [3.63, 3.8) is 0 Å². The first kappa shape index (κ1) is 20.6. The predicted molar refractivity (Wildman–Crippen MR) is 104 cm³/mol. The van der Waals surface area contributed by atoms with Crippen molar-refractivity contribution in [2.45, 2.75) is 39.5 Å². The number of nitrogens with zero attached hydrogens (tertiary/aromatic N) is 5. The van der Waals surface area contributed by atoms with Gasteiger partial charge in [0, 0.05) is 0 Å². The van der Waals surface area contributed by atoms with Gasteiger partial charge in [-0.05, 0) is 17.9 Å². The molecule has 0 saturated carbocycles. The summed E-state index contributed by atoms with van der Waals surface area (Å²) >= 11 is 5.81. The van der Waals surface area contributed by atoms with Gasteiger partial charge in [-0.2, -0.15) is 0 Å². The van der Waals surface area contributed by atoms with E-state index in [2.05, 4.69) is 15.0 Å². The van der Waals surface area contributed by atoms with Crippen LogP contribution in [0, 0.1) is 15.9 Å². The lowest BCUT2D eigenvalue weighted by Gasteiger charge is -2.20. The standard InChI is InChI=1S/C18H17ClFN5O4/c1-7(2)11-13(12(8(3)4)22-6-21-11)24-17-9(5-10(20)16(19)23-17)15(26)14(18(24)27)25(28)29/h5-8,26H,1-4H3. The average Bonchev–Trinajstić information content (AvgIpc) is 2.63. The molecular weight excluding hydrogens is 405 g/mol. The number of hydrogen-bond donors (Lipinski definition) is 1. The number of hydrogen-bond acceptors (Lipinski definition) is 7. The molecule has 0 amide bonds. The first-order chi connectivity index (χ1) is 13.6. The Kier molecular flexibility index (Phi) is 5.22. The van der Waals surface area contributed by atoms with Crippen molar-refractivity contribution >= 4 is 28.3 Å². The molecule has 0 aromatic carbocycles. The molecule has 3 aromatic rings. The summed E-state index contributed by atoms with van der Waals surface area (Å²) in [6.45, 7) is 7.33. The van der Waals surface area contributed by atoms with Crippen molar-refractivity contribution < 1.29 is 14.4 Å². The molecule has 11 heteroatoms. The smallest absolute Gasteiger partial charge is 0.376 e. The van der Waals surface area contributed by atoms with E-state index in [1.807, 2.05) is 27.7 Å². The van der Waals surface area contributed by atoms with Gasteiger partial charge in [0.25, 0.3) is 0 Å². The van der Waals surface area contributed by atoms with Crippen molar-refractivity contribution in [1.29, 1.82) is 0 Å². The van der Waals surface area contributed by atoms with E-state index in [0.29, 0.717) is 11.4 Å². The molecule has 3 aromatic heterocycles. The summed E-state index contributed by atoms with van der Waals surface area (Å²) in [4.78, 5) is 36.0. The largest absolute Gasteiger partial charge is 0.501 e. The summed E-state index contributed by atoms with van der Waals surface area (Å²) in [5.41, 5.74) is -1.40. The lowest BCUT2D eigenvalue weighted by molar-refractivity contribution is -0.387. The zero-order valence-corrected chi connectivity index (χ0v) is 16.7. The van der Waals surface area contributed by atoms with Gasteiger partial charge in [-0.25, -0.2) is 19.3 Å². The van der Waals surface area contributed by atoms with E-state index in [-0.39, 0.29) is 28.6 Å². The third kappa shape index (κ3) is 3.29. The fraction of sp³-hybridized carbons (Fsp3) is 0.333. The predicted octanol–water partition coefficient (Wildman–Crippen LogP) is 3.83. The Hall–Kier alpha value is -3.14. The molecular formula is C18H17ClFN5O4.